The molecular formula is C14H21ClF2N2O2S. The number of nitrogens with zero attached hydrogens (tertiary/aromatic N) is 1. The van der Waals surface area contributed by atoms with E-state index in [0.717, 1.165) is 6.92 Å². The third-order valence-electron chi connectivity index (χ3n) is 2.63. The van der Waals surface area contributed by atoms with E-state index in [-0.39, 0.29) is 16.9 Å². The number of hydrogen-bond acceptors (Lipinski definition) is 4. The molecule has 0 radical (unpaired) electrons. The molecule has 2 unspecified atom stereocenters. The van der Waals surface area contributed by atoms with E-state index in [1.807, 2.05) is 27.7 Å². The molecule has 4 nitrogen and oxygen atoms in total. The molecule has 22 heavy (non-hydrogen) atoms. The fraction of sp³-hybridized carbons (Fsp3) is 0.643. The van der Waals surface area contributed by atoms with Gasteiger partial charge in [0, 0.05) is 24.5 Å². The van der Waals surface area contributed by atoms with E-state index in [2.05, 4.69) is 9.71 Å². The van der Waals surface area contributed by atoms with Crippen LogP contribution in [0.25, 0.3) is 0 Å². The summed E-state index contributed by atoms with van der Waals surface area (Å²) in [5, 5.41) is 0.136. The summed E-state index contributed by atoms with van der Waals surface area (Å²) < 4.78 is 45.0. The zero-order valence-electron chi connectivity index (χ0n) is 13.2. The molecule has 0 saturated carbocycles. The number of hydrogen-bond donors (Lipinski definition) is 1. The van der Waals surface area contributed by atoms with Crippen LogP contribution in [0.1, 0.15) is 46.2 Å². The van der Waals surface area contributed by atoms with Gasteiger partial charge in [-0.15, -0.1) is 4.72 Å². The van der Waals surface area contributed by atoms with Crippen LogP contribution < -0.4 is 9.46 Å². The first-order chi connectivity index (χ1) is 9.90. The molecule has 126 valence electrons. The summed E-state index contributed by atoms with van der Waals surface area (Å²) in [5.74, 6) is -3.00. The van der Waals surface area contributed by atoms with Crippen LogP contribution in [-0.4, -0.2) is 26.8 Å². The van der Waals surface area contributed by atoms with Crippen LogP contribution >= 0.6 is 11.6 Å². The highest BCUT2D eigenvalue weighted by Gasteiger charge is 2.29. The number of alkyl halides is 2. The molecule has 0 amide bonds. The molecule has 1 aromatic heterocycles. The Morgan fingerprint density at radius 3 is 2.45 bits per heavy atom. The van der Waals surface area contributed by atoms with Gasteiger partial charge in [0.15, 0.2) is 6.61 Å². The Kier molecular flexibility index (Phi) is 6.44. The zero-order valence-corrected chi connectivity index (χ0v) is 14.8. The van der Waals surface area contributed by atoms with E-state index in [4.69, 9.17) is 16.3 Å². The van der Waals surface area contributed by atoms with Gasteiger partial charge in [0.1, 0.15) is 9.77 Å². The summed E-state index contributed by atoms with van der Waals surface area (Å²) in [6.07, 6.45) is 1.46. The van der Waals surface area contributed by atoms with Gasteiger partial charge in [0.2, 0.25) is 5.88 Å². The van der Waals surface area contributed by atoms with Gasteiger partial charge in [-0.3, -0.25) is 0 Å². The van der Waals surface area contributed by atoms with Crippen LogP contribution in [0.4, 0.5) is 8.78 Å². The lowest BCUT2D eigenvalue weighted by atomic mass is 10.2. The summed E-state index contributed by atoms with van der Waals surface area (Å²) in [6.45, 7) is 7.35. The molecule has 0 aliphatic carbocycles. The van der Waals surface area contributed by atoms with E-state index in [0.29, 0.717) is 5.56 Å². The van der Waals surface area contributed by atoms with Crippen molar-refractivity contribution in [1.29, 1.82) is 0 Å². The Bertz CT molecular complexity index is 507. The Labute approximate surface area is 137 Å². The Morgan fingerprint density at radius 2 is 2.00 bits per heavy atom. The van der Waals surface area contributed by atoms with Gasteiger partial charge in [0.25, 0.3) is 5.92 Å². The maximum absolute atomic E-state index is 12.8. The first-order valence-corrected chi connectivity index (χ1v) is 8.27. The van der Waals surface area contributed by atoms with Crippen molar-refractivity contribution in [3.63, 3.8) is 0 Å². The lowest BCUT2D eigenvalue weighted by Crippen LogP contribution is -2.40. The molecule has 2 atom stereocenters. The molecule has 0 spiro atoms. The normalized spacial score (nSPS) is 15.5. The minimum atomic E-state index is -2.96. The number of nitrogens with one attached hydrogen (secondary N) is 1. The second-order valence-corrected chi connectivity index (χ2v) is 8.54. The van der Waals surface area contributed by atoms with Crippen molar-refractivity contribution >= 4 is 23.0 Å². The number of halogens is 3. The summed E-state index contributed by atoms with van der Waals surface area (Å²) >= 11 is 4.75. The minimum Gasteiger partial charge on any atom is -0.598 e. The van der Waals surface area contributed by atoms with Gasteiger partial charge in [-0.25, -0.2) is 13.8 Å². The zero-order chi connectivity index (χ0) is 17.1. The number of pyridine rings is 1. The second-order valence-electron chi connectivity index (χ2n) is 6.14. The number of ether oxygens (including phenoxy) is 1. The lowest BCUT2D eigenvalue weighted by Gasteiger charge is -2.26. The molecule has 0 fully saturated rings. The molecule has 1 aromatic rings. The molecule has 1 N–H and O–H groups in total. The van der Waals surface area contributed by atoms with Crippen molar-refractivity contribution in [2.24, 2.45) is 0 Å². The SMILES string of the molecule is CC(N[S+]([O-])C(C)(C)C)c1cnc(OCC(C)(F)F)c(Cl)c1. The molecule has 0 aromatic carbocycles. The van der Waals surface area contributed by atoms with Crippen molar-refractivity contribution in [1.82, 2.24) is 9.71 Å². The van der Waals surface area contributed by atoms with Crippen LogP contribution in [0.5, 0.6) is 5.88 Å². The third-order valence-corrected chi connectivity index (χ3v) is 4.58. The van der Waals surface area contributed by atoms with Gasteiger partial charge >= 0.3 is 0 Å². The average Bonchev–Trinajstić information content (AvgIpc) is 2.34. The first-order valence-electron chi connectivity index (χ1n) is 6.74. The molecule has 1 heterocycles. The third kappa shape index (κ3) is 6.24. The van der Waals surface area contributed by atoms with E-state index in [9.17, 15) is 13.3 Å². The van der Waals surface area contributed by atoms with Gasteiger partial charge < -0.3 is 9.29 Å². The maximum Gasteiger partial charge on any atom is 0.278 e. The van der Waals surface area contributed by atoms with Gasteiger partial charge in [-0.05, 0) is 39.3 Å². The standard InChI is InChI=1S/C14H21ClF2N2O2S/c1-9(19-22(20)13(2,3)4)10-6-11(15)12(18-7-10)21-8-14(5,16)17/h6-7,9,19H,8H2,1-5H3. The Morgan fingerprint density at radius 1 is 1.41 bits per heavy atom. The van der Waals surface area contributed by atoms with E-state index in [1.165, 1.54) is 6.20 Å². The second kappa shape index (κ2) is 7.29. The van der Waals surface area contributed by atoms with Crippen LogP contribution in [-0.2, 0) is 11.4 Å². The van der Waals surface area contributed by atoms with E-state index < -0.39 is 28.6 Å². The highest BCUT2D eigenvalue weighted by Crippen LogP contribution is 2.27. The Balaban J connectivity index is 2.76. The molecule has 8 heteroatoms. The molecule has 0 saturated heterocycles. The summed E-state index contributed by atoms with van der Waals surface area (Å²) in [7, 11) is 0. The van der Waals surface area contributed by atoms with Crippen LogP contribution in [0.15, 0.2) is 12.3 Å². The number of aromatic nitrogens is 1. The fourth-order valence-electron chi connectivity index (χ4n) is 1.38. The largest absolute Gasteiger partial charge is 0.598 e. The van der Waals surface area contributed by atoms with Gasteiger partial charge in [0.05, 0.1) is 6.04 Å². The maximum atomic E-state index is 12.8. The highest BCUT2D eigenvalue weighted by molar-refractivity contribution is 7.90. The molecular weight excluding hydrogens is 334 g/mol. The molecule has 0 aliphatic rings. The highest BCUT2D eigenvalue weighted by atomic mass is 35.5. The van der Waals surface area contributed by atoms with Crippen molar-refractivity contribution in [3.8, 4) is 5.88 Å². The van der Waals surface area contributed by atoms with Crippen molar-refractivity contribution in [2.45, 2.75) is 51.3 Å². The average molecular weight is 355 g/mol. The summed E-state index contributed by atoms with van der Waals surface area (Å²) in [4.78, 5) is 3.95. The molecule has 0 bridgehead atoms. The van der Waals surface area contributed by atoms with E-state index in [1.54, 1.807) is 6.07 Å². The molecule has 0 aliphatic heterocycles. The predicted octanol–water partition coefficient (Wildman–Crippen LogP) is 3.88. The van der Waals surface area contributed by atoms with Crippen molar-refractivity contribution in [2.75, 3.05) is 6.61 Å². The lowest BCUT2D eigenvalue weighted by molar-refractivity contribution is -0.0242. The monoisotopic (exact) mass is 354 g/mol. The minimum absolute atomic E-state index is 0.0453. The van der Waals surface area contributed by atoms with Crippen LogP contribution in [0.2, 0.25) is 5.02 Å². The van der Waals surface area contributed by atoms with Gasteiger partial charge in [-0.2, -0.15) is 0 Å². The first kappa shape index (κ1) is 19.4. The van der Waals surface area contributed by atoms with Crippen molar-refractivity contribution < 1.29 is 18.1 Å². The quantitative estimate of drug-likeness (QED) is 0.787. The molecule has 1 rings (SSSR count). The van der Waals surface area contributed by atoms with Crippen LogP contribution in [0, 0.1) is 0 Å². The Hall–Kier alpha value is -0.630. The topological polar surface area (TPSA) is 57.2 Å². The van der Waals surface area contributed by atoms with E-state index >= 15 is 0 Å². The van der Waals surface area contributed by atoms with Crippen LogP contribution in [0.3, 0.4) is 0 Å². The summed E-state index contributed by atoms with van der Waals surface area (Å²) in [5.41, 5.74) is 0.693. The summed E-state index contributed by atoms with van der Waals surface area (Å²) in [6, 6.07) is 1.31. The predicted molar refractivity (Wildman–Crippen MR) is 84.8 cm³/mol. The van der Waals surface area contributed by atoms with Crippen molar-refractivity contribution in [3.05, 3.63) is 22.8 Å². The smallest absolute Gasteiger partial charge is 0.278 e. The fourth-order valence-corrected chi connectivity index (χ4v) is 2.42. The number of rotatable bonds is 6. The van der Waals surface area contributed by atoms with Gasteiger partial charge in [-0.1, -0.05) is 11.6 Å².